The number of likely N-dealkylation sites (N-methyl/N-ethyl adjacent to an activating group) is 1. The molecule has 0 aromatic heterocycles. The van der Waals surface area contributed by atoms with Crippen LogP contribution in [0.1, 0.15) is 24.8 Å². The van der Waals surface area contributed by atoms with Crippen LogP contribution < -0.4 is 10.6 Å². The fourth-order valence-corrected chi connectivity index (χ4v) is 4.14. The molecule has 2 N–H and O–H groups in total. The number of nitrogens with one attached hydrogen (secondary N) is 2. The lowest BCUT2D eigenvalue weighted by Gasteiger charge is -2.33. The molecule has 2 saturated heterocycles. The minimum absolute atomic E-state index is 0.00522. The van der Waals surface area contributed by atoms with Gasteiger partial charge in [0.15, 0.2) is 0 Å². The van der Waals surface area contributed by atoms with Crippen LogP contribution in [0, 0.1) is 5.41 Å². The van der Waals surface area contributed by atoms with Crippen molar-refractivity contribution in [2.45, 2.75) is 31.9 Å². The van der Waals surface area contributed by atoms with Gasteiger partial charge in [0, 0.05) is 18.1 Å². The van der Waals surface area contributed by atoms with E-state index in [1.807, 2.05) is 24.3 Å². The lowest BCUT2D eigenvalue weighted by atomic mass is 9.77. The molecule has 0 aliphatic carbocycles. The summed E-state index contributed by atoms with van der Waals surface area (Å²) in [6, 6.07) is 7.61. The molecule has 1 spiro atoms. The molecule has 0 saturated carbocycles. The fraction of sp³-hybridized carbons (Fsp3) is 0.632. The van der Waals surface area contributed by atoms with Gasteiger partial charge in [-0.25, -0.2) is 0 Å². The molecular formula is C19H28ClN3O2. The van der Waals surface area contributed by atoms with E-state index in [4.69, 9.17) is 16.3 Å². The average molecular weight is 366 g/mol. The van der Waals surface area contributed by atoms with Crippen molar-refractivity contribution >= 4 is 17.5 Å². The summed E-state index contributed by atoms with van der Waals surface area (Å²) in [5, 5.41) is 7.17. The molecular weight excluding hydrogens is 338 g/mol. The molecule has 6 heteroatoms. The maximum Gasteiger partial charge on any atom is 0.237 e. The number of hydrogen-bond acceptors (Lipinski definition) is 4. The van der Waals surface area contributed by atoms with E-state index in [1.54, 1.807) is 0 Å². The third kappa shape index (κ3) is 4.94. The molecule has 3 rings (SSSR count). The number of rotatable bonds is 6. The van der Waals surface area contributed by atoms with Gasteiger partial charge in [-0.3, -0.25) is 9.69 Å². The highest BCUT2D eigenvalue weighted by Gasteiger charge is 2.45. The number of likely N-dealkylation sites (tertiary alicyclic amines) is 1. The van der Waals surface area contributed by atoms with Gasteiger partial charge in [-0.1, -0.05) is 23.7 Å². The van der Waals surface area contributed by atoms with E-state index in [2.05, 4.69) is 22.6 Å². The van der Waals surface area contributed by atoms with Gasteiger partial charge in [0.25, 0.3) is 0 Å². The van der Waals surface area contributed by atoms with Crippen LogP contribution in [0.2, 0.25) is 5.02 Å². The SMILES string of the molecule is CN1CC2(CCNCC2)CC1C(=O)NCCOCc1ccc(Cl)cc1. The normalized spacial score (nSPS) is 23.0. The van der Waals surface area contributed by atoms with Gasteiger partial charge in [0.2, 0.25) is 5.91 Å². The Morgan fingerprint density at radius 2 is 2.08 bits per heavy atom. The van der Waals surface area contributed by atoms with Gasteiger partial charge in [-0.05, 0) is 62.5 Å². The number of halogens is 1. The first-order chi connectivity index (χ1) is 12.1. The molecule has 1 amide bonds. The second-order valence-corrected chi connectivity index (χ2v) is 7.79. The Morgan fingerprint density at radius 3 is 2.80 bits per heavy atom. The highest BCUT2D eigenvalue weighted by atomic mass is 35.5. The average Bonchev–Trinajstić information content (AvgIpc) is 2.92. The Kier molecular flexibility index (Phi) is 6.34. The number of piperidine rings is 1. The third-order valence-electron chi connectivity index (χ3n) is 5.44. The first kappa shape index (κ1) is 18.6. The van der Waals surface area contributed by atoms with Gasteiger partial charge < -0.3 is 15.4 Å². The summed E-state index contributed by atoms with van der Waals surface area (Å²) in [5.74, 6) is 0.132. The summed E-state index contributed by atoms with van der Waals surface area (Å²) in [5.41, 5.74) is 1.41. The summed E-state index contributed by atoms with van der Waals surface area (Å²) >= 11 is 5.86. The fourth-order valence-electron chi connectivity index (χ4n) is 4.02. The Hall–Kier alpha value is -1.14. The number of carbonyl (C=O) groups is 1. The van der Waals surface area contributed by atoms with Crippen LogP contribution in [0.3, 0.4) is 0 Å². The summed E-state index contributed by atoms with van der Waals surface area (Å²) in [7, 11) is 2.07. The minimum atomic E-state index is -0.00522. The van der Waals surface area contributed by atoms with Crippen molar-refractivity contribution in [3.63, 3.8) is 0 Å². The van der Waals surface area contributed by atoms with Crippen molar-refractivity contribution in [3.05, 3.63) is 34.9 Å². The van der Waals surface area contributed by atoms with Crippen LogP contribution >= 0.6 is 11.6 Å². The number of nitrogens with zero attached hydrogens (tertiary/aromatic N) is 1. The molecule has 1 atom stereocenters. The molecule has 5 nitrogen and oxygen atoms in total. The van der Waals surface area contributed by atoms with E-state index in [0.717, 1.165) is 36.6 Å². The zero-order chi connectivity index (χ0) is 17.7. The van der Waals surface area contributed by atoms with Gasteiger partial charge in [-0.2, -0.15) is 0 Å². The van der Waals surface area contributed by atoms with Crippen molar-refractivity contribution in [2.75, 3.05) is 39.8 Å². The Morgan fingerprint density at radius 1 is 1.36 bits per heavy atom. The molecule has 1 aromatic carbocycles. The smallest absolute Gasteiger partial charge is 0.237 e. The Labute approximate surface area is 155 Å². The van der Waals surface area contributed by atoms with E-state index in [9.17, 15) is 4.79 Å². The highest BCUT2D eigenvalue weighted by molar-refractivity contribution is 6.30. The molecule has 0 bridgehead atoms. The summed E-state index contributed by atoms with van der Waals surface area (Å²) in [6.07, 6.45) is 3.32. The van der Waals surface area contributed by atoms with E-state index in [-0.39, 0.29) is 11.9 Å². The van der Waals surface area contributed by atoms with Crippen molar-refractivity contribution in [1.29, 1.82) is 0 Å². The van der Waals surface area contributed by atoms with Crippen LogP contribution in [0.5, 0.6) is 0 Å². The van der Waals surface area contributed by atoms with E-state index in [1.165, 1.54) is 12.8 Å². The second-order valence-electron chi connectivity index (χ2n) is 7.36. The second kappa shape index (κ2) is 8.49. The minimum Gasteiger partial charge on any atom is -0.375 e. The Balaban J connectivity index is 1.37. The monoisotopic (exact) mass is 365 g/mol. The lowest BCUT2D eigenvalue weighted by molar-refractivity contribution is -0.125. The summed E-state index contributed by atoms with van der Waals surface area (Å²) in [6.45, 7) is 4.76. The first-order valence-electron chi connectivity index (χ1n) is 9.09. The summed E-state index contributed by atoms with van der Waals surface area (Å²) in [4.78, 5) is 14.7. The molecule has 0 radical (unpaired) electrons. The molecule has 2 fully saturated rings. The van der Waals surface area contributed by atoms with Crippen molar-refractivity contribution < 1.29 is 9.53 Å². The molecule has 1 aromatic rings. The zero-order valence-corrected chi connectivity index (χ0v) is 15.6. The van der Waals surface area contributed by atoms with Gasteiger partial charge in [0.1, 0.15) is 0 Å². The van der Waals surface area contributed by atoms with Crippen molar-refractivity contribution in [3.8, 4) is 0 Å². The number of hydrogen-bond donors (Lipinski definition) is 2. The molecule has 138 valence electrons. The van der Waals surface area contributed by atoms with Gasteiger partial charge in [0.05, 0.1) is 19.3 Å². The number of ether oxygens (including phenoxy) is 1. The molecule has 25 heavy (non-hydrogen) atoms. The molecule has 2 aliphatic rings. The topological polar surface area (TPSA) is 53.6 Å². The van der Waals surface area contributed by atoms with E-state index < -0.39 is 0 Å². The number of amides is 1. The predicted molar refractivity (Wildman–Crippen MR) is 99.7 cm³/mol. The number of carbonyl (C=O) groups excluding carboxylic acids is 1. The maximum atomic E-state index is 12.5. The van der Waals surface area contributed by atoms with E-state index >= 15 is 0 Å². The van der Waals surface area contributed by atoms with Crippen molar-refractivity contribution in [2.24, 2.45) is 5.41 Å². The van der Waals surface area contributed by atoms with Crippen molar-refractivity contribution in [1.82, 2.24) is 15.5 Å². The first-order valence-corrected chi connectivity index (χ1v) is 9.47. The third-order valence-corrected chi connectivity index (χ3v) is 5.69. The molecule has 2 aliphatic heterocycles. The number of benzene rings is 1. The van der Waals surface area contributed by atoms with Crippen LogP contribution in [-0.4, -0.2) is 56.7 Å². The zero-order valence-electron chi connectivity index (χ0n) is 14.9. The predicted octanol–water partition coefficient (Wildman–Crippen LogP) is 2.05. The largest absolute Gasteiger partial charge is 0.375 e. The quantitative estimate of drug-likeness (QED) is 0.757. The molecule has 1 unspecified atom stereocenters. The highest BCUT2D eigenvalue weighted by Crippen LogP contribution is 2.41. The van der Waals surface area contributed by atoms with E-state index in [0.29, 0.717) is 25.2 Å². The summed E-state index contributed by atoms with van der Waals surface area (Å²) < 4.78 is 5.63. The standard InChI is InChI=1S/C19H28ClN3O2/c1-23-14-19(6-8-21-9-7-19)12-17(23)18(24)22-10-11-25-13-15-2-4-16(20)5-3-15/h2-5,17,21H,6-14H2,1H3,(H,22,24). The van der Waals surface area contributed by atoms with Crippen LogP contribution in [0.4, 0.5) is 0 Å². The van der Waals surface area contributed by atoms with Crippen LogP contribution in [0.15, 0.2) is 24.3 Å². The Bertz CT molecular complexity index is 573. The van der Waals surface area contributed by atoms with Gasteiger partial charge >= 0.3 is 0 Å². The lowest BCUT2D eigenvalue weighted by Crippen LogP contribution is -2.42. The molecule has 2 heterocycles. The maximum absolute atomic E-state index is 12.5. The van der Waals surface area contributed by atoms with Crippen LogP contribution in [-0.2, 0) is 16.1 Å². The van der Waals surface area contributed by atoms with Crippen LogP contribution in [0.25, 0.3) is 0 Å². The van der Waals surface area contributed by atoms with Gasteiger partial charge in [-0.15, -0.1) is 0 Å².